The number of allylic oxidation sites excluding steroid dienone is 12. The Hall–Kier alpha value is -3.15. The summed E-state index contributed by atoms with van der Waals surface area (Å²) in [6.07, 6.45) is 65.9. The monoisotopic (exact) mass is 893 g/mol. The molecule has 0 heterocycles. The van der Waals surface area contributed by atoms with Crippen LogP contribution in [0, 0.1) is 0 Å². The number of hydrogen-bond acceptors (Lipinski definition) is 6. The highest BCUT2D eigenvalue weighted by Gasteiger charge is 2.19. The fourth-order valence-electron chi connectivity index (χ4n) is 7.40. The lowest BCUT2D eigenvalue weighted by molar-refractivity contribution is -0.167. The van der Waals surface area contributed by atoms with Gasteiger partial charge in [-0.25, -0.2) is 0 Å². The Labute approximate surface area is 395 Å². The van der Waals surface area contributed by atoms with Gasteiger partial charge in [-0.2, -0.15) is 0 Å². The second-order valence-corrected chi connectivity index (χ2v) is 17.8. The molecule has 0 aliphatic carbocycles. The maximum atomic E-state index is 12.8. The summed E-state index contributed by atoms with van der Waals surface area (Å²) in [5, 5.41) is 0. The molecule has 0 saturated carbocycles. The summed E-state index contributed by atoms with van der Waals surface area (Å²) in [4.78, 5) is 38.0. The van der Waals surface area contributed by atoms with Crippen molar-refractivity contribution in [2.24, 2.45) is 0 Å². The van der Waals surface area contributed by atoms with Gasteiger partial charge in [-0.05, 0) is 89.9 Å². The molecule has 1 unspecified atom stereocenters. The van der Waals surface area contributed by atoms with Crippen LogP contribution in [-0.2, 0) is 28.6 Å². The van der Waals surface area contributed by atoms with Gasteiger partial charge in [0.1, 0.15) is 13.2 Å². The Morgan fingerprint density at radius 3 is 0.969 bits per heavy atom. The van der Waals surface area contributed by atoms with Crippen LogP contribution in [-0.4, -0.2) is 37.2 Å². The summed E-state index contributed by atoms with van der Waals surface area (Å²) in [5.41, 5.74) is 0. The summed E-state index contributed by atoms with van der Waals surface area (Å²) < 4.78 is 16.8. The van der Waals surface area contributed by atoms with E-state index >= 15 is 0 Å². The van der Waals surface area contributed by atoms with Gasteiger partial charge in [-0.15, -0.1) is 0 Å². The van der Waals surface area contributed by atoms with Crippen LogP contribution in [0.5, 0.6) is 0 Å². The van der Waals surface area contributed by atoms with Crippen molar-refractivity contribution in [3.63, 3.8) is 0 Å². The molecule has 0 spiro atoms. The molecular formula is C58H100O6. The van der Waals surface area contributed by atoms with E-state index in [0.717, 1.165) is 116 Å². The van der Waals surface area contributed by atoms with Crippen LogP contribution in [0.2, 0.25) is 0 Å². The maximum absolute atomic E-state index is 12.8. The van der Waals surface area contributed by atoms with Crippen molar-refractivity contribution in [1.29, 1.82) is 0 Å². The summed E-state index contributed by atoms with van der Waals surface area (Å²) >= 11 is 0. The summed E-state index contributed by atoms with van der Waals surface area (Å²) in [6, 6.07) is 0. The van der Waals surface area contributed by atoms with Crippen molar-refractivity contribution in [3.8, 4) is 0 Å². The molecular weight excluding hydrogens is 793 g/mol. The minimum absolute atomic E-state index is 0.0843. The van der Waals surface area contributed by atoms with Crippen LogP contribution in [0.4, 0.5) is 0 Å². The molecule has 0 aliphatic rings. The first-order chi connectivity index (χ1) is 31.5. The minimum atomic E-state index is -0.786. The maximum Gasteiger partial charge on any atom is 0.306 e. The fraction of sp³-hybridized carbons (Fsp3) is 0.741. The summed E-state index contributed by atoms with van der Waals surface area (Å²) in [6.45, 7) is 6.49. The van der Waals surface area contributed by atoms with Gasteiger partial charge in [0.05, 0.1) is 0 Å². The number of carbonyl (C=O) groups is 3. The zero-order valence-electron chi connectivity index (χ0n) is 42.0. The van der Waals surface area contributed by atoms with Crippen LogP contribution in [0.15, 0.2) is 72.9 Å². The fourth-order valence-corrected chi connectivity index (χ4v) is 7.40. The quantitative estimate of drug-likeness (QED) is 0.0262. The zero-order chi connectivity index (χ0) is 46.5. The minimum Gasteiger partial charge on any atom is -0.462 e. The van der Waals surface area contributed by atoms with E-state index in [0.29, 0.717) is 19.3 Å². The first-order valence-electron chi connectivity index (χ1n) is 26.9. The van der Waals surface area contributed by atoms with Crippen LogP contribution in [0.25, 0.3) is 0 Å². The van der Waals surface area contributed by atoms with Crippen LogP contribution < -0.4 is 0 Å². The molecule has 0 saturated heterocycles. The number of unbranched alkanes of at least 4 members (excludes halogenated alkanes) is 25. The first kappa shape index (κ1) is 60.9. The van der Waals surface area contributed by atoms with Crippen molar-refractivity contribution in [3.05, 3.63) is 72.9 Å². The van der Waals surface area contributed by atoms with E-state index in [9.17, 15) is 14.4 Å². The molecule has 0 rings (SSSR count). The molecule has 368 valence electrons. The third-order valence-corrected chi connectivity index (χ3v) is 11.4. The lowest BCUT2D eigenvalue weighted by atomic mass is 10.1. The molecule has 6 heteroatoms. The second kappa shape index (κ2) is 52.5. The number of carbonyl (C=O) groups excluding carboxylic acids is 3. The standard InChI is InChI=1S/C58H100O6/c1-4-7-10-13-16-19-22-24-26-28-29-30-32-33-36-39-42-45-48-51-57(60)63-54-55(53-62-56(59)50-47-44-41-38-35-21-18-15-12-9-6-3)64-58(61)52-49-46-43-40-37-34-31-27-25-23-20-17-14-11-8-5-2/h7,10,16,19-20,23-24,26-27,29-31,55H,4-6,8-9,11-15,17-18,21-22,25,28,32-54H2,1-3H3/b10-7-,19-16-,23-20-,26-24-,30-29-,31-27-. The van der Waals surface area contributed by atoms with Crippen LogP contribution in [0.1, 0.15) is 258 Å². The lowest BCUT2D eigenvalue weighted by Gasteiger charge is -2.18. The smallest absolute Gasteiger partial charge is 0.306 e. The van der Waals surface area contributed by atoms with Gasteiger partial charge in [-0.3, -0.25) is 14.4 Å². The average molecular weight is 893 g/mol. The van der Waals surface area contributed by atoms with Gasteiger partial charge in [0.15, 0.2) is 6.10 Å². The van der Waals surface area contributed by atoms with Crippen molar-refractivity contribution in [2.75, 3.05) is 13.2 Å². The molecule has 0 amide bonds. The average Bonchev–Trinajstić information content (AvgIpc) is 3.29. The number of ether oxygens (including phenoxy) is 3. The van der Waals surface area contributed by atoms with E-state index in [1.165, 1.54) is 103 Å². The molecule has 64 heavy (non-hydrogen) atoms. The third kappa shape index (κ3) is 49.9. The van der Waals surface area contributed by atoms with Crippen molar-refractivity contribution in [2.45, 2.75) is 264 Å². The number of hydrogen-bond donors (Lipinski definition) is 0. The van der Waals surface area contributed by atoms with E-state index in [2.05, 4.69) is 93.7 Å². The topological polar surface area (TPSA) is 78.9 Å². The predicted molar refractivity (Wildman–Crippen MR) is 274 cm³/mol. The molecule has 0 radical (unpaired) electrons. The highest BCUT2D eigenvalue weighted by molar-refractivity contribution is 5.71. The van der Waals surface area contributed by atoms with E-state index in [1.807, 2.05) is 0 Å². The van der Waals surface area contributed by atoms with E-state index in [-0.39, 0.29) is 31.1 Å². The van der Waals surface area contributed by atoms with Gasteiger partial charge in [0.25, 0.3) is 0 Å². The molecule has 0 N–H and O–H groups in total. The summed E-state index contributed by atoms with van der Waals surface area (Å²) in [7, 11) is 0. The van der Waals surface area contributed by atoms with E-state index in [4.69, 9.17) is 14.2 Å². The Morgan fingerprint density at radius 2 is 0.609 bits per heavy atom. The predicted octanol–water partition coefficient (Wildman–Crippen LogP) is 17.8. The third-order valence-electron chi connectivity index (χ3n) is 11.4. The normalized spacial score (nSPS) is 12.6. The molecule has 1 atom stereocenters. The van der Waals surface area contributed by atoms with Crippen molar-refractivity contribution >= 4 is 17.9 Å². The molecule has 6 nitrogen and oxygen atoms in total. The molecule has 0 bridgehead atoms. The zero-order valence-corrected chi connectivity index (χ0v) is 42.0. The van der Waals surface area contributed by atoms with E-state index < -0.39 is 6.10 Å². The number of esters is 3. The Bertz CT molecular complexity index is 1210. The van der Waals surface area contributed by atoms with Gasteiger partial charge >= 0.3 is 17.9 Å². The van der Waals surface area contributed by atoms with Gasteiger partial charge in [0, 0.05) is 19.3 Å². The SMILES string of the molecule is CC/C=C\C/C=C\C/C=C\C/C=C\CCCCCCCCC(=O)OCC(COC(=O)CCCCCCCCCCCCC)OC(=O)CCCCCCC/C=C\C/C=C\CCCCCC. The Kier molecular flexibility index (Phi) is 49.9. The summed E-state index contributed by atoms with van der Waals surface area (Å²) in [5.74, 6) is -0.909. The molecule has 0 aromatic rings. The largest absolute Gasteiger partial charge is 0.462 e. The highest BCUT2D eigenvalue weighted by atomic mass is 16.6. The Morgan fingerprint density at radius 1 is 0.328 bits per heavy atom. The molecule has 0 aromatic heterocycles. The number of rotatable bonds is 48. The van der Waals surface area contributed by atoms with Gasteiger partial charge < -0.3 is 14.2 Å². The van der Waals surface area contributed by atoms with Gasteiger partial charge in [0.2, 0.25) is 0 Å². The first-order valence-corrected chi connectivity index (χ1v) is 26.9. The second-order valence-electron chi connectivity index (χ2n) is 17.8. The molecule has 0 aromatic carbocycles. The lowest BCUT2D eigenvalue weighted by Crippen LogP contribution is -2.30. The van der Waals surface area contributed by atoms with E-state index in [1.54, 1.807) is 0 Å². The van der Waals surface area contributed by atoms with Crippen LogP contribution in [0.3, 0.4) is 0 Å². The molecule has 0 fully saturated rings. The van der Waals surface area contributed by atoms with Crippen molar-refractivity contribution < 1.29 is 28.6 Å². The highest BCUT2D eigenvalue weighted by Crippen LogP contribution is 2.15. The molecule has 0 aliphatic heterocycles. The van der Waals surface area contributed by atoms with Gasteiger partial charge in [-0.1, -0.05) is 222 Å². The Balaban J connectivity index is 4.40. The van der Waals surface area contributed by atoms with Crippen molar-refractivity contribution in [1.82, 2.24) is 0 Å². The van der Waals surface area contributed by atoms with Crippen LogP contribution >= 0.6 is 0 Å².